The summed E-state index contributed by atoms with van der Waals surface area (Å²) < 4.78 is 1.09. The Kier molecular flexibility index (Phi) is 5.01. The molecule has 0 bridgehead atoms. The van der Waals surface area contributed by atoms with Gasteiger partial charge in [0.05, 0.1) is 10.2 Å². The SMILES string of the molecule is CCCN(c1ccncc1Br)C1CCC(N)CC1. The molecule has 1 aliphatic rings. The monoisotopic (exact) mass is 311 g/mol. The average molecular weight is 312 g/mol. The number of aromatic nitrogens is 1. The Balaban J connectivity index is 2.15. The highest BCUT2D eigenvalue weighted by molar-refractivity contribution is 9.10. The first kappa shape index (κ1) is 13.8. The maximum atomic E-state index is 6.00. The van der Waals surface area contributed by atoms with Crippen molar-refractivity contribution >= 4 is 21.6 Å². The van der Waals surface area contributed by atoms with Gasteiger partial charge in [-0.1, -0.05) is 6.92 Å². The predicted molar refractivity (Wildman–Crippen MR) is 79.8 cm³/mol. The Hall–Kier alpha value is -0.610. The second-order valence-corrected chi connectivity index (χ2v) is 5.94. The lowest BCUT2D eigenvalue weighted by Gasteiger charge is -2.38. The molecule has 2 rings (SSSR count). The lowest BCUT2D eigenvalue weighted by Crippen LogP contribution is -2.41. The van der Waals surface area contributed by atoms with Crippen LogP contribution in [0.1, 0.15) is 39.0 Å². The quantitative estimate of drug-likeness (QED) is 0.927. The molecule has 0 aliphatic heterocycles. The molecule has 1 saturated carbocycles. The van der Waals surface area contributed by atoms with Crippen molar-refractivity contribution in [2.24, 2.45) is 5.73 Å². The number of rotatable bonds is 4. The van der Waals surface area contributed by atoms with Gasteiger partial charge in [-0.15, -0.1) is 0 Å². The minimum absolute atomic E-state index is 0.408. The Morgan fingerprint density at radius 3 is 2.72 bits per heavy atom. The highest BCUT2D eigenvalue weighted by Gasteiger charge is 2.25. The van der Waals surface area contributed by atoms with Crippen molar-refractivity contribution in [3.63, 3.8) is 0 Å². The molecule has 4 heteroatoms. The fourth-order valence-electron chi connectivity index (χ4n) is 2.75. The number of anilines is 1. The van der Waals surface area contributed by atoms with Crippen LogP contribution in [0.3, 0.4) is 0 Å². The van der Waals surface area contributed by atoms with Gasteiger partial charge in [-0.2, -0.15) is 0 Å². The average Bonchev–Trinajstić information content (AvgIpc) is 2.38. The third kappa shape index (κ3) is 3.23. The normalized spacial score (nSPS) is 23.9. The van der Waals surface area contributed by atoms with Crippen LogP contribution >= 0.6 is 15.9 Å². The van der Waals surface area contributed by atoms with Crippen LogP contribution in [0.25, 0.3) is 0 Å². The molecule has 1 fully saturated rings. The van der Waals surface area contributed by atoms with E-state index in [0.29, 0.717) is 12.1 Å². The third-order valence-corrected chi connectivity index (χ3v) is 4.32. The Labute approximate surface area is 118 Å². The first-order valence-electron chi connectivity index (χ1n) is 6.84. The highest BCUT2D eigenvalue weighted by Crippen LogP contribution is 2.31. The van der Waals surface area contributed by atoms with E-state index in [2.05, 4.69) is 38.8 Å². The van der Waals surface area contributed by atoms with E-state index in [4.69, 9.17) is 5.73 Å². The zero-order valence-electron chi connectivity index (χ0n) is 11.0. The van der Waals surface area contributed by atoms with E-state index in [9.17, 15) is 0 Å². The Morgan fingerprint density at radius 2 is 2.11 bits per heavy atom. The van der Waals surface area contributed by atoms with E-state index in [1.165, 1.54) is 18.5 Å². The summed E-state index contributed by atoms with van der Waals surface area (Å²) in [5, 5.41) is 0. The Bertz CT molecular complexity index is 375. The van der Waals surface area contributed by atoms with Crippen molar-refractivity contribution in [3.8, 4) is 0 Å². The number of halogens is 1. The molecule has 0 radical (unpaired) electrons. The van der Waals surface area contributed by atoms with Crippen LogP contribution in [0.5, 0.6) is 0 Å². The van der Waals surface area contributed by atoms with Crippen LogP contribution in [0.2, 0.25) is 0 Å². The standard InChI is InChI=1S/C14H22BrN3/c1-2-9-18(12-5-3-11(16)4-6-12)14-7-8-17-10-13(14)15/h7-8,10-12H,2-6,9,16H2,1H3. The summed E-state index contributed by atoms with van der Waals surface area (Å²) in [5.41, 5.74) is 7.27. The van der Waals surface area contributed by atoms with Crippen LogP contribution in [0, 0.1) is 0 Å². The lowest BCUT2D eigenvalue weighted by molar-refractivity contribution is 0.375. The largest absolute Gasteiger partial charge is 0.368 e. The molecule has 0 saturated heterocycles. The van der Waals surface area contributed by atoms with Gasteiger partial charge in [0.25, 0.3) is 0 Å². The third-order valence-electron chi connectivity index (χ3n) is 3.71. The van der Waals surface area contributed by atoms with E-state index in [0.717, 1.165) is 30.3 Å². The second kappa shape index (κ2) is 6.53. The van der Waals surface area contributed by atoms with Gasteiger partial charge < -0.3 is 10.6 Å². The fourth-order valence-corrected chi connectivity index (χ4v) is 3.23. The van der Waals surface area contributed by atoms with Crippen LogP contribution in [-0.2, 0) is 0 Å². The Morgan fingerprint density at radius 1 is 1.39 bits per heavy atom. The zero-order valence-corrected chi connectivity index (χ0v) is 12.6. The summed E-state index contributed by atoms with van der Waals surface area (Å²) in [5.74, 6) is 0. The summed E-state index contributed by atoms with van der Waals surface area (Å²) in [6, 6.07) is 3.14. The van der Waals surface area contributed by atoms with Gasteiger partial charge in [0.15, 0.2) is 0 Å². The van der Waals surface area contributed by atoms with Crippen LogP contribution in [0.15, 0.2) is 22.9 Å². The minimum atomic E-state index is 0.408. The van der Waals surface area contributed by atoms with Gasteiger partial charge in [0.1, 0.15) is 0 Å². The number of hydrogen-bond acceptors (Lipinski definition) is 3. The van der Waals surface area contributed by atoms with Crippen molar-refractivity contribution in [1.29, 1.82) is 0 Å². The van der Waals surface area contributed by atoms with Gasteiger partial charge in [-0.3, -0.25) is 4.98 Å². The molecule has 0 aromatic carbocycles. The second-order valence-electron chi connectivity index (χ2n) is 5.09. The molecule has 3 nitrogen and oxygen atoms in total. The van der Waals surface area contributed by atoms with Crippen molar-refractivity contribution in [1.82, 2.24) is 4.98 Å². The molecule has 0 atom stereocenters. The van der Waals surface area contributed by atoms with Gasteiger partial charge in [0, 0.05) is 31.0 Å². The van der Waals surface area contributed by atoms with Crippen molar-refractivity contribution in [2.45, 2.75) is 51.1 Å². The molecule has 1 aromatic heterocycles. The van der Waals surface area contributed by atoms with Gasteiger partial charge in [-0.25, -0.2) is 0 Å². The van der Waals surface area contributed by atoms with E-state index in [1.54, 1.807) is 0 Å². The van der Waals surface area contributed by atoms with Gasteiger partial charge in [-0.05, 0) is 54.1 Å². The van der Waals surface area contributed by atoms with E-state index in [-0.39, 0.29) is 0 Å². The topological polar surface area (TPSA) is 42.2 Å². The first-order valence-corrected chi connectivity index (χ1v) is 7.63. The molecule has 1 aliphatic carbocycles. The lowest BCUT2D eigenvalue weighted by atomic mass is 9.90. The molecule has 0 spiro atoms. The van der Waals surface area contributed by atoms with Crippen LogP contribution in [-0.4, -0.2) is 23.6 Å². The number of pyridine rings is 1. The minimum Gasteiger partial charge on any atom is -0.368 e. The van der Waals surface area contributed by atoms with Crippen molar-refractivity contribution < 1.29 is 0 Å². The molecular formula is C14H22BrN3. The van der Waals surface area contributed by atoms with Gasteiger partial charge in [0.2, 0.25) is 0 Å². The first-order chi connectivity index (χ1) is 8.72. The maximum absolute atomic E-state index is 6.00. The number of nitrogens with zero attached hydrogens (tertiary/aromatic N) is 2. The van der Waals surface area contributed by atoms with E-state index in [1.807, 2.05) is 12.4 Å². The fraction of sp³-hybridized carbons (Fsp3) is 0.643. The van der Waals surface area contributed by atoms with Gasteiger partial charge >= 0.3 is 0 Å². The smallest absolute Gasteiger partial charge is 0.0592 e. The summed E-state index contributed by atoms with van der Waals surface area (Å²) in [7, 11) is 0. The molecule has 1 heterocycles. The van der Waals surface area contributed by atoms with Crippen LogP contribution < -0.4 is 10.6 Å². The van der Waals surface area contributed by atoms with Crippen molar-refractivity contribution in [2.75, 3.05) is 11.4 Å². The van der Waals surface area contributed by atoms with E-state index < -0.39 is 0 Å². The molecule has 100 valence electrons. The number of nitrogens with two attached hydrogens (primary N) is 1. The summed E-state index contributed by atoms with van der Waals surface area (Å²) in [6.07, 6.45) is 9.62. The highest BCUT2D eigenvalue weighted by atomic mass is 79.9. The van der Waals surface area contributed by atoms with Crippen molar-refractivity contribution in [3.05, 3.63) is 22.9 Å². The molecule has 0 unspecified atom stereocenters. The number of hydrogen-bond donors (Lipinski definition) is 1. The summed E-state index contributed by atoms with van der Waals surface area (Å²) >= 11 is 3.62. The molecular weight excluding hydrogens is 290 g/mol. The molecule has 1 aromatic rings. The summed E-state index contributed by atoms with van der Waals surface area (Å²) in [6.45, 7) is 3.33. The van der Waals surface area contributed by atoms with E-state index >= 15 is 0 Å². The molecule has 0 amide bonds. The zero-order chi connectivity index (χ0) is 13.0. The molecule has 18 heavy (non-hydrogen) atoms. The predicted octanol–water partition coefficient (Wildman–Crippen LogP) is 3.33. The maximum Gasteiger partial charge on any atom is 0.0592 e. The van der Waals surface area contributed by atoms with Crippen LogP contribution in [0.4, 0.5) is 5.69 Å². The molecule has 2 N–H and O–H groups in total. The summed E-state index contributed by atoms with van der Waals surface area (Å²) in [4.78, 5) is 6.68.